The van der Waals surface area contributed by atoms with E-state index in [0.717, 1.165) is 36.2 Å². The van der Waals surface area contributed by atoms with Crippen molar-refractivity contribution in [1.29, 1.82) is 0 Å². The molecule has 0 saturated carbocycles. The van der Waals surface area contributed by atoms with Crippen molar-refractivity contribution in [1.82, 2.24) is 4.98 Å². The molecule has 1 fully saturated rings. The molecular weight excluding hydrogens is 305 g/mol. The zero-order valence-corrected chi connectivity index (χ0v) is 11.4. The molecule has 0 N–H and O–H groups in total. The summed E-state index contributed by atoms with van der Waals surface area (Å²) in [5.41, 5.74) is 0.0903. The molecule has 0 atom stereocenters. The molecule has 3 nitrogen and oxygen atoms in total. The van der Waals surface area contributed by atoms with Crippen molar-refractivity contribution in [3.63, 3.8) is 0 Å². The predicted octanol–water partition coefficient (Wildman–Crippen LogP) is -0.481. The first-order chi connectivity index (χ1) is 10.1. The third kappa shape index (κ3) is 2.72. The van der Waals surface area contributed by atoms with Crippen LogP contribution in [0.15, 0.2) is 24.5 Å². The minimum Gasteiger partial charge on any atom is -1.00 e. The zero-order chi connectivity index (χ0) is 15.0. The third-order valence-corrected chi connectivity index (χ3v) is 3.52. The van der Waals surface area contributed by atoms with E-state index in [-0.39, 0.29) is 4.70 Å². The Kier molecular flexibility index (Phi) is 4.58. The Morgan fingerprint density at radius 1 is 0.909 bits per heavy atom. The highest BCUT2D eigenvalue weighted by atomic mass is 19.2. The molecule has 8 heteroatoms. The van der Waals surface area contributed by atoms with Crippen molar-refractivity contribution in [2.24, 2.45) is 0 Å². The van der Waals surface area contributed by atoms with Gasteiger partial charge < -0.3 is 9.60 Å². The normalized spacial score (nSPS) is 14.1. The summed E-state index contributed by atoms with van der Waals surface area (Å²) in [5, 5.41) is 0. The average Bonchev–Trinajstić information content (AvgIpc) is 3.00. The molecule has 0 spiro atoms. The van der Waals surface area contributed by atoms with Crippen molar-refractivity contribution in [3.8, 4) is 5.69 Å². The number of halogens is 5. The third-order valence-electron chi connectivity index (χ3n) is 3.52. The SMILES string of the molecule is Fc1nc(F)c(F)c(-[n+]2ccc(N3CCCC3)cc2)c1F.[F-]. The Bertz CT molecular complexity index is 643. The van der Waals surface area contributed by atoms with Crippen molar-refractivity contribution < 1.29 is 26.8 Å². The summed E-state index contributed by atoms with van der Waals surface area (Å²) >= 11 is 0. The van der Waals surface area contributed by atoms with Gasteiger partial charge in [-0.15, -0.1) is 0 Å². The van der Waals surface area contributed by atoms with Gasteiger partial charge in [-0.25, -0.2) is 0 Å². The summed E-state index contributed by atoms with van der Waals surface area (Å²) in [6.45, 7) is 1.84. The quantitative estimate of drug-likeness (QED) is 0.424. The molecule has 1 saturated heterocycles. The van der Waals surface area contributed by atoms with E-state index in [9.17, 15) is 17.6 Å². The molecule has 22 heavy (non-hydrogen) atoms. The molecule has 2 aromatic heterocycles. The van der Waals surface area contributed by atoms with Crippen LogP contribution in [0, 0.1) is 23.5 Å². The fourth-order valence-corrected chi connectivity index (χ4v) is 2.46. The minimum atomic E-state index is -1.67. The molecule has 0 unspecified atom stereocenters. The van der Waals surface area contributed by atoms with Gasteiger partial charge in [0.05, 0.1) is 0 Å². The predicted molar refractivity (Wildman–Crippen MR) is 67.0 cm³/mol. The number of nitrogens with zero attached hydrogens (tertiary/aromatic N) is 3. The highest BCUT2D eigenvalue weighted by Gasteiger charge is 2.28. The van der Waals surface area contributed by atoms with Gasteiger partial charge in [-0.3, -0.25) is 0 Å². The van der Waals surface area contributed by atoms with Gasteiger partial charge in [0.2, 0.25) is 0 Å². The highest BCUT2D eigenvalue weighted by molar-refractivity contribution is 5.44. The largest absolute Gasteiger partial charge is 1.00 e. The Morgan fingerprint density at radius 2 is 1.41 bits per heavy atom. The standard InChI is InChI=1S/C14H12F4N3.FH/c15-10-12(11(16)14(18)19-13(10)17)21-7-3-9(4-8-21)20-5-1-2-6-20;/h3-4,7-8H,1-2,5-6H2;1H/q+1;/p-1. The van der Waals surface area contributed by atoms with Crippen LogP contribution in [0.1, 0.15) is 12.8 Å². The smallest absolute Gasteiger partial charge is 0.292 e. The molecule has 0 aliphatic carbocycles. The topological polar surface area (TPSA) is 20.0 Å². The van der Waals surface area contributed by atoms with Gasteiger partial charge in [0.25, 0.3) is 29.2 Å². The summed E-state index contributed by atoms with van der Waals surface area (Å²) in [4.78, 5) is 4.66. The lowest BCUT2D eigenvalue weighted by atomic mass is 10.3. The lowest BCUT2D eigenvalue weighted by Gasteiger charge is -2.16. The fourth-order valence-electron chi connectivity index (χ4n) is 2.46. The van der Waals surface area contributed by atoms with E-state index in [4.69, 9.17) is 0 Å². The van der Waals surface area contributed by atoms with Crippen LogP contribution in [0.3, 0.4) is 0 Å². The maximum atomic E-state index is 13.7. The van der Waals surface area contributed by atoms with Crippen LogP contribution in [-0.2, 0) is 0 Å². The monoisotopic (exact) mass is 317 g/mol. The number of anilines is 1. The van der Waals surface area contributed by atoms with Gasteiger partial charge in [0, 0.05) is 30.9 Å². The van der Waals surface area contributed by atoms with Gasteiger partial charge in [0.15, 0.2) is 12.4 Å². The summed E-state index contributed by atoms with van der Waals surface area (Å²) < 4.78 is 54.5. The molecule has 3 rings (SSSR count). The van der Waals surface area contributed by atoms with Crippen molar-refractivity contribution in [2.75, 3.05) is 18.0 Å². The summed E-state index contributed by atoms with van der Waals surface area (Å²) in [5.74, 6) is -6.37. The van der Waals surface area contributed by atoms with E-state index in [1.807, 2.05) is 0 Å². The Labute approximate surface area is 123 Å². The summed E-state index contributed by atoms with van der Waals surface area (Å²) in [7, 11) is 0. The minimum absolute atomic E-state index is 0. The Hall–Kier alpha value is -2.25. The molecule has 118 valence electrons. The number of aromatic nitrogens is 2. The first-order valence-corrected chi connectivity index (χ1v) is 6.54. The second-order valence-electron chi connectivity index (χ2n) is 4.83. The Balaban J connectivity index is 0.00000176. The van der Waals surface area contributed by atoms with E-state index in [1.54, 1.807) is 12.1 Å². The summed E-state index contributed by atoms with van der Waals surface area (Å²) in [6, 6.07) is 3.31. The van der Waals surface area contributed by atoms with E-state index < -0.39 is 29.2 Å². The summed E-state index contributed by atoms with van der Waals surface area (Å²) in [6.07, 6.45) is 4.93. The van der Waals surface area contributed by atoms with Crippen molar-refractivity contribution >= 4 is 5.69 Å². The van der Waals surface area contributed by atoms with E-state index in [0.29, 0.717) is 0 Å². The number of hydrogen-bond acceptors (Lipinski definition) is 2. The van der Waals surface area contributed by atoms with Crippen LogP contribution in [0.5, 0.6) is 0 Å². The molecule has 0 radical (unpaired) electrons. The van der Waals surface area contributed by atoms with Gasteiger partial charge in [-0.1, -0.05) is 0 Å². The highest BCUT2D eigenvalue weighted by Crippen LogP contribution is 2.20. The van der Waals surface area contributed by atoms with Gasteiger partial charge in [-0.2, -0.15) is 27.1 Å². The van der Waals surface area contributed by atoms with Crippen LogP contribution >= 0.6 is 0 Å². The number of rotatable bonds is 2. The molecule has 1 aliphatic heterocycles. The molecule has 3 heterocycles. The van der Waals surface area contributed by atoms with E-state index >= 15 is 0 Å². The molecule has 0 aromatic carbocycles. The molecule has 2 aromatic rings. The van der Waals surface area contributed by atoms with Gasteiger partial charge in [0.1, 0.15) is 0 Å². The van der Waals surface area contributed by atoms with Crippen LogP contribution in [-0.4, -0.2) is 18.1 Å². The van der Waals surface area contributed by atoms with Gasteiger partial charge >= 0.3 is 0 Å². The Morgan fingerprint density at radius 3 is 1.91 bits per heavy atom. The maximum Gasteiger partial charge on any atom is 0.292 e. The molecule has 0 bridgehead atoms. The molecule has 0 amide bonds. The number of pyridine rings is 2. The average molecular weight is 317 g/mol. The second kappa shape index (κ2) is 6.25. The maximum absolute atomic E-state index is 13.7. The lowest BCUT2D eigenvalue weighted by Crippen LogP contribution is -3.00. The fraction of sp³-hybridized carbons (Fsp3) is 0.286. The number of hydrogen-bond donors (Lipinski definition) is 0. The van der Waals surface area contributed by atoms with Crippen LogP contribution in [0.25, 0.3) is 5.69 Å². The molecule has 1 aliphatic rings. The van der Waals surface area contributed by atoms with Crippen LogP contribution < -0.4 is 14.2 Å². The van der Waals surface area contributed by atoms with Crippen LogP contribution in [0.2, 0.25) is 0 Å². The van der Waals surface area contributed by atoms with Gasteiger partial charge in [-0.05, 0) is 12.8 Å². The van der Waals surface area contributed by atoms with Crippen LogP contribution in [0.4, 0.5) is 23.2 Å². The van der Waals surface area contributed by atoms with E-state index in [1.165, 1.54) is 12.4 Å². The first kappa shape index (κ1) is 16.1. The lowest BCUT2D eigenvalue weighted by molar-refractivity contribution is -0.600. The zero-order valence-electron chi connectivity index (χ0n) is 11.4. The van der Waals surface area contributed by atoms with Crippen molar-refractivity contribution in [3.05, 3.63) is 48.1 Å². The first-order valence-electron chi connectivity index (χ1n) is 6.54. The second-order valence-corrected chi connectivity index (χ2v) is 4.83. The van der Waals surface area contributed by atoms with Crippen molar-refractivity contribution in [2.45, 2.75) is 12.8 Å². The molecular formula is C14H12F5N3. The van der Waals surface area contributed by atoms with E-state index in [2.05, 4.69) is 9.88 Å².